The van der Waals surface area contributed by atoms with E-state index in [0.29, 0.717) is 30.1 Å². The van der Waals surface area contributed by atoms with Gasteiger partial charge in [-0.05, 0) is 30.7 Å². The summed E-state index contributed by atoms with van der Waals surface area (Å²) in [6, 6.07) is 8.98. The van der Waals surface area contributed by atoms with Crippen molar-refractivity contribution >= 4 is 17.3 Å². The summed E-state index contributed by atoms with van der Waals surface area (Å²) in [5.74, 6) is -0.381. The fraction of sp³-hybridized carbons (Fsp3) is 0.200. The third kappa shape index (κ3) is 3.26. The summed E-state index contributed by atoms with van der Waals surface area (Å²) in [6.45, 7) is 2.64. The molecule has 5 heteroatoms. The number of pyridine rings is 1. The van der Waals surface area contributed by atoms with Crippen LogP contribution in [0.15, 0.2) is 42.7 Å². The van der Waals surface area contributed by atoms with Crippen LogP contribution in [-0.4, -0.2) is 17.6 Å². The van der Waals surface area contributed by atoms with Crippen molar-refractivity contribution in [1.29, 1.82) is 0 Å². The molecule has 0 saturated heterocycles. The van der Waals surface area contributed by atoms with Gasteiger partial charge in [0.25, 0.3) is 0 Å². The molecule has 1 aromatic carbocycles. The Balaban J connectivity index is 2.20. The molecule has 0 amide bonds. The number of nitrogen functional groups attached to an aromatic ring is 1. The zero-order valence-electron chi connectivity index (χ0n) is 11.3. The maximum Gasteiger partial charge on any atom is 0.340 e. The summed E-state index contributed by atoms with van der Waals surface area (Å²) >= 11 is 0. The van der Waals surface area contributed by atoms with Crippen molar-refractivity contribution in [2.75, 3.05) is 17.7 Å². The lowest BCUT2D eigenvalue weighted by Crippen LogP contribution is -2.11. The fourth-order valence-corrected chi connectivity index (χ4v) is 1.84. The minimum atomic E-state index is -0.381. The van der Waals surface area contributed by atoms with E-state index in [1.165, 1.54) is 0 Å². The van der Waals surface area contributed by atoms with E-state index in [-0.39, 0.29) is 5.97 Å². The van der Waals surface area contributed by atoms with E-state index in [2.05, 4.69) is 10.3 Å². The largest absolute Gasteiger partial charge is 0.462 e. The quantitative estimate of drug-likeness (QED) is 0.645. The van der Waals surface area contributed by atoms with Crippen molar-refractivity contribution in [3.05, 3.63) is 53.9 Å². The first kappa shape index (κ1) is 13.9. The molecule has 0 aliphatic rings. The molecule has 0 aliphatic heterocycles. The number of nitrogens with zero attached hydrogens (tertiary/aromatic N) is 1. The molecule has 0 spiro atoms. The first-order valence-corrected chi connectivity index (χ1v) is 6.40. The van der Waals surface area contributed by atoms with Gasteiger partial charge >= 0.3 is 5.97 Å². The van der Waals surface area contributed by atoms with Crippen LogP contribution in [0.4, 0.5) is 11.4 Å². The maximum absolute atomic E-state index is 11.9. The molecule has 2 aromatic rings. The predicted molar refractivity (Wildman–Crippen MR) is 78.4 cm³/mol. The molecule has 104 valence electrons. The number of hydrogen-bond donors (Lipinski definition) is 2. The van der Waals surface area contributed by atoms with Crippen LogP contribution < -0.4 is 11.1 Å². The highest BCUT2D eigenvalue weighted by Crippen LogP contribution is 2.24. The molecule has 0 atom stereocenters. The Morgan fingerprint density at radius 1 is 1.35 bits per heavy atom. The van der Waals surface area contributed by atoms with Crippen LogP contribution in [0.3, 0.4) is 0 Å². The molecular weight excluding hydrogens is 254 g/mol. The minimum Gasteiger partial charge on any atom is -0.462 e. The van der Waals surface area contributed by atoms with E-state index in [1.807, 2.05) is 12.1 Å². The summed E-state index contributed by atoms with van der Waals surface area (Å²) < 4.78 is 5.03. The fourth-order valence-electron chi connectivity index (χ4n) is 1.84. The number of anilines is 2. The number of benzene rings is 1. The molecule has 0 aliphatic carbocycles. The second-order valence-corrected chi connectivity index (χ2v) is 4.21. The van der Waals surface area contributed by atoms with Gasteiger partial charge in [0.15, 0.2) is 0 Å². The Hall–Kier alpha value is -2.56. The lowest BCUT2D eigenvalue weighted by molar-refractivity contribution is 0.0527. The number of nitrogens with one attached hydrogen (secondary N) is 1. The van der Waals surface area contributed by atoms with Gasteiger partial charge in [-0.15, -0.1) is 0 Å². The number of nitrogens with two attached hydrogens (primary N) is 1. The zero-order valence-corrected chi connectivity index (χ0v) is 11.3. The van der Waals surface area contributed by atoms with Crippen LogP contribution in [0.2, 0.25) is 0 Å². The van der Waals surface area contributed by atoms with Gasteiger partial charge in [-0.3, -0.25) is 4.98 Å². The average Bonchev–Trinajstić information content (AvgIpc) is 2.47. The second kappa shape index (κ2) is 6.56. The number of para-hydroxylation sites is 1. The van der Waals surface area contributed by atoms with E-state index in [9.17, 15) is 4.79 Å². The average molecular weight is 271 g/mol. The van der Waals surface area contributed by atoms with E-state index < -0.39 is 0 Å². The molecule has 1 heterocycles. The van der Waals surface area contributed by atoms with Gasteiger partial charge < -0.3 is 15.8 Å². The monoisotopic (exact) mass is 271 g/mol. The van der Waals surface area contributed by atoms with Crippen LogP contribution in [0.5, 0.6) is 0 Å². The Morgan fingerprint density at radius 2 is 2.20 bits per heavy atom. The molecule has 3 N–H and O–H groups in total. The minimum absolute atomic E-state index is 0.329. The zero-order chi connectivity index (χ0) is 14.4. The van der Waals surface area contributed by atoms with Gasteiger partial charge in [-0.25, -0.2) is 4.79 Å². The Kier molecular flexibility index (Phi) is 4.55. The van der Waals surface area contributed by atoms with Gasteiger partial charge in [0.1, 0.15) is 0 Å². The normalized spacial score (nSPS) is 10.1. The summed E-state index contributed by atoms with van der Waals surface area (Å²) in [7, 11) is 0. The van der Waals surface area contributed by atoms with E-state index in [0.717, 1.165) is 5.56 Å². The van der Waals surface area contributed by atoms with Crippen molar-refractivity contribution < 1.29 is 9.53 Å². The van der Waals surface area contributed by atoms with Crippen LogP contribution in [0.25, 0.3) is 0 Å². The van der Waals surface area contributed by atoms with Crippen LogP contribution >= 0.6 is 0 Å². The number of rotatable bonds is 5. The standard InChI is InChI=1S/C15H17N3O2/c1-2-20-15(19)12-6-3-7-13(16)14(12)18-10-11-5-4-8-17-9-11/h3-9,18H,2,10,16H2,1H3. The highest BCUT2D eigenvalue weighted by Gasteiger charge is 2.14. The van der Waals surface area contributed by atoms with Crippen LogP contribution in [0.1, 0.15) is 22.8 Å². The lowest BCUT2D eigenvalue weighted by atomic mass is 10.1. The van der Waals surface area contributed by atoms with Gasteiger partial charge in [-0.2, -0.15) is 0 Å². The van der Waals surface area contributed by atoms with Gasteiger partial charge in [0.2, 0.25) is 0 Å². The van der Waals surface area contributed by atoms with E-state index >= 15 is 0 Å². The summed E-state index contributed by atoms with van der Waals surface area (Å²) in [5.41, 5.74) is 8.49. The molecule has 2 rings (SSSR count). The number of carbonyl (C=O) groups excluding carboxylic acids is 1. The topological polar surface area (TPSA) is 77.2 Å². The second-order valence-electron chi connectivity index (χ2n) is 4.21. The van der Waals surface area contributed by atoms with Crippen molar-refractivity contribution in [2.24, 2.45) is 0 Å². The van der Waals surface area contributed by atoms with E-state index in [1.54, 1.807) is 37.5 Å². The number of carbonyl (C=O) groups is 1. The smallest absolute Gasteiger partial charge is 0.340 e. The van der Waals surface area contributed by atoms with Crippen LogP contribution in [-0.2, 0) is 11.3 Å². The highest BCUT2D eigenvalue weighted by molar-refractivity contribution is 5.98. The summed E-state index contributed by atoms with van der Waals surface area (Å²) in [5, 5.41) is 3.17. The van der Waals surface area contributed by atoms with Crippen molar-refractivity contribution in [3.8, 4) is 0 Å². The molecule has 0 unspecified atom stereocenters. The maximum atomic E-state index is 11.9. The number of hydrogen-bond acceptors (Lipinski definition) is 5. The Morgan fingerprint density at radius 3 is 2.90 bits per heavy atom. The molecule has 0 radical (unpaired) electrons. The summed E-state index contributed by atoms with van der Waals surface area (Å²) in [6.07, 6.45) is 3.47. The van der Waals surface area contributed by atoms with Crippen LogP contribution in [0, 0.1) is 0 Å². The predicted octanol–water partition coefficient (Wildman–Crippen LogP) is 2.45. The molecule has 1 aromatic heterocycles. The molecular formula is C15H17N3O2. The molecule has 0 bridgehead atoms. The third-order valence-electron chi connectivity index (χ3n) is 2.78. The Bertz CT molecular complexity index is 585. The van der Waals surface area contributed by atoms with Crippen molar-refractivity contribution in [2.45, 2.75) is 13.5 Å². The summed E-state index contributed by atoms with van der Waals surface area (Å²) in [4.78, 5) is 15.9. The van der Waals surface area contributed by atoms with E-state index in [4.69, 9.17) is 10.5 Å². The lowest BCUT2D eigenvalue weighted by Gasteiger charge is -2.13. The molecule has 20 heavy (non-hydrogen) atoms. The number of esters is 1. The molecule has 5 nitrogen and oxygen atoms in total. The first-order chi connectivity index (χ1) is 9.72. The first-order valence-electron chi connectivity index (χ1n) is 6.40. The Labute approximate surface area is 117 Å². The number of aromatic nitrogens is 1. The van der Waals surface area contributed by atoms with Gasteiger partial charge in [0, 0.05) is 18.9 Å². The highest BCUT2D eigenvalue weighted by atomic mass is 16.5. The molecule has 0 fully saturated rings. The van der Waals surface area contributed by atoms with Crippen molar-refractivity contribution in [3.63, 3.8) is 0 Å². The van der Waals surface area contributed by atoms with Gasteiger partial charge in [0.05, 0.1) is 23.5 Å². The number of ether oxygens (including phenoxy) is 1. The molecule has 0 saturated carbocycles. The van der Waals surface area contributed by atoms with Gasteiger partial charge in [-0.1, -0.05) is 12.1 Å². The third-order valence-corrected chi connectivity index (χ3v) is 2.78. The SMILES string of the molecule is CCOC(=O)c1cccc(N)c1NCc1cccnc1. The van der Waals surface area contributed by atoms with Crippen molar-refractivity contribution in [1.82, 2.24) is 4.98 Å².